The zero-order chi connectivity index (χ0) is 10.6. The summed E-state index contributed by atoms with van der Waals surface area (Å²) in [5.74, 6) is -5.02. The van der Waals surface area contributed by atoms with Crippen LogP contribution in [-0.4, -0.2) is 43.9 Å². The largest absolute Gasteiger partial charge is 0.481 e. The molecule has 1 radical (unpaired) electrons. The second kappa shape index (κ2) is 5.76. The second-order valence-corrected chi connectivity index (χ2v) is 2.48. The van der Waals surface area contributed by atoms with Crippen molar-refractivity contribution in [3.05, 3.63) is 0 Å². The van der Waals surface area contributed by atoms with E-state index in [0.29, 0.717) is 0 Å². The third-order valence-corrected chi connectivity index (χ3v) is 1.29. The molecule has 79 valence electrons. The van der Waals surface area contributed by atoms with Crippen LogP contribution in [0.25, 0.3) is 0 Å². The van der Waals surface area contributed by atoms with Gasteiger partial charge in [-0.25, -0.2) is 4.79 Å². The van der Waals surface area contributed by atoms with Crippen LogP contribution in [0.5, 0.6) is 0 Å². The monoisotopic (exact) mass is 285 g/mol. The van der Waals surface area contributed by atoms with Gasteiger partial charge in [0.15, 0.2) is 5.60 Å². The third kappa shape index (κ3) is 4.97. The number of carbonyl (C=O) groups is 3. The number of rotatable bonds is 5. The maximum atomic E-state index is 10.3. The van der Waals surface area contributed by atoms with Crippen molar-refractivity contribution in [2.75, 3.05) is 0 Å². The molecule has 0 aliphatic heterocycles. The molecule has 0 aliphatic carbocycles. The zero-order valence-electron chi connectivity index (χ0n) is 6.88. The first-order valence-corrected chi connectivity index (χ1v) is 3.17. The van der Waals surface area contributed by atoms with Gasteiger partial charge in [-0.2, -0.15) is 0 Å². The standard InChI is InChI=1S/C6H8O7.Nb/c7-3(8)1-6(13,5(11)12)2-4(9)10;/h13H,1-2H2,(H,7,8)(H,9,10)(H,11,12);. The van der Waals surface area contributed by atoms with Crippen LogP contribution in [0.2, 0.25) is 0 Å². The fourth-order valence-electron chi connectivity index (χ4n) is 0.714. The Kier molecular flexibility index (Phi) is 6.41. The molecule has 0 saturated heterocycles. The average Bonchev–Trinajstić information content (AvgIpc) is 1.82. The van der Waals surface area contributed by atoms with E-state index in [1.807, 2.05) is 0 Å². The van der Waals surface area contributed by atoms with Crippen LogP contribution in [0.1, 0.15) is 12.8 Å². The first kappa shape index (κ1) is 15.6. The Balaban J connectivity index is 0. The number of hydrogen-bond donors (Lipinski definition) is 4. The summed E-state index contributed by atoms with van der Waals surface area (Å²) in [4.78, 5) is 30.5. The van der Waals surface area contributed by atoms with Gasteiger partial charge in [-0.05, 0) is 0 Å². The molecule has 4 N–H and O–H groups in total. The van der Waals surface area contributed by atoms with Crippen LogP contribution < -0.4 is 0 Å². The molecule has 0 atom stereocenters. The normalized spacial score (nSPS) is 10.1. The third-order valence-electron chi connectivity index (χ3n) is 1.29. The molecule has 0 aromatic carbocycles. The van der Waals surface area contributed by atoms with Gasteiger partial charge in [0.1, 0.15) is 0 Å². The molecule has 0 bridgehead atoms. The van der Waals surface area contributed by atoms with Crippen molar-refractivity contribution in [2.45, 2.75) is 18.4 Å². The molecule has 7 nitrogen and oxygen atoms in total. The minimum atomic E-state index is -2.74. The molecule has 0 amide bonds. The van der Waals surface area contributed by atoms with Crippen molar-refractivity contribution in [1.82, 2.24) is 0 Å². The van der Waals surface area contributed by atoms with Crippen LogP contribution in [0.4, 0.5) is 0 Å². The van der Waals surface area contributed by atoms with E-state index in [4.69, 9.17) is 20.4 Å². The molecule has 0 spiro atoms. The summed E-state index contributed by atoms with van der Waals surface area (Å²) in [6.07, 6.45) is -2.29. The first-order chi connectivity index (χ1) is 5.78. The van der Waals surface area contributed by atoms with Crippen molar-refractivity contribution in [1.29, 1.82) is 0 Å². The van der Waals surface area contributed by atoms with Gasteiger partial charge in [0.05, 0.1) is 12.8 Å². The Bertz CT molecular complexity index is 233. The Labute approximate surface area is 93.9 Å². The molecule has 0 aromatic heterocycles. The number of aliphatic hydroxyl groups is 1. The quantitative estimate of drug-likeness (QED) is 0.464. The SMILES string of the molecule is O=C(O)CC(O)(CC(=O)O)C(=O)O.[Nb]. The number of carboxylic acids is 3. The van der Waals surface area contributed by atoms with Gasteiger partial charge in [0, 0.05) is 22.4 Å². The van der Waals surface area contributed by atoms with E-state index in [1.165, 1.54) is 0 Å². The molecule has 0 unspecified atom stereocenters. The minimum absolute atomic E-state index is 0. The summed E-state index contributed by atoms with van der Waals surface area (Å²) in [5, 5.41) is 33.8. The molecule has 0 rings (SSSR count). The van der Waals surface area contributed by atoms with Crippen molar-refractivity contribution in [3.63, 3.8) is 0 Å². The summed E-state index contributed by atoms with van der Waals surface area (Å²) in [5.41, 5.74) is -2.74. The van der Waals surface area contributed by atoms with Gasteiger partial charge < -0.3 is 20.4 Å². The predicted octanol–water partition coefficient (Wildman–Crippen LogP) is -1.25. The van der Waals surface area contributed by atoms with E-state index in [2.05, 4.69) is 0 Å². The topological polar surface area (TPSA) is 132 Å². The van der Waals surface area contributed by atoms with Gasteiger partial charge in [0.25, 0.3) is 0 Å². The van der Waals surface area contributed by atoms with E-state index < -0.39 is 36.4 Å². The summed E-state index contributed by atoms with van der Waals surface area (Å²) < 4.78 is 0. The maximum Gasteiger partial charge on any atom is 0.336 e. The van der Waals surface area contributed by atoms with Gasteiger partial charge in [-0.1, -0.05) is 0 Å². The minimum Gasteiger partial charge on any atom is -0.481 e. The molecule has 0 aliphatic rings. The smallest absolute Gasteiger partial charge is 0.336 e. The summed E-state index contributed by atoms with van der Waals surface area (Å²) in [7, 11) is 0. The molecule has 0 heterocycles. The van der Waals surface area contributed by atoms with Gasteiger partial charge in [-0.3, -0.25) is 9.59 Å². The van der Waals surface area contributed by atoms with Crippen molar-refractivity contribution in [3.8, 4) is 0 Å². The Morgan fingerprint density at radius 2 is 1.21 bits per heavy atom. The number of aliphatic carboxylic acids is 3. The average molecular weight is 285 g/mol. The van der Waals surface area contributed by atoms with Crippen LogP contribution >= 0.6 is 0 Å². The molecule has 14 heavy (non-hydrogen) atoms. The van der Waals surface area contributed by atoms with Gasteiger partial charge >= 0.3 is 17.9 Å². The fourth-order valence-corrected chi connectivity index (χ4v) is 0.714. The van der Waals surface area contributed by atoms with Crippen LogP contribution in [0, 0.1) is 0 Å². The van der Waals surface area contributed by atoms with Gasteiger partial charge in [0.2, 0.25) is 0 Å². The van der Waals surface area contributed by atoms with Crippen molar-refractivity contribution in [2.24, 2.45) is 0 Å². The first-order valence-electron chi connectivity index (χ1n) is 3.17. The summed E-state index contributed by atoms with van der Waals surface area (Å²) in [6, 6.07) is 0. The van der Waals surface area contributed by atoms with Crippen molar-refractivity contribution < 1.29 is 57.2 Å². The van der Waals surface area contributed by atoms with Crippen LogP contribution in [0.3, 0.4) is 0 Å². The van der Waals surface area contributed by atoms with Crippen LogP contribution in [-0.2, 0) is 36.8 Å². The molecule has 8 heteroatoms. The zero-order valence-corrected chi connectivity index (χ0v) is 9.07. The number of hydrogen-bond acceptors (Lipinski definition) is 4. The molecule has 0 fully saturated rings. The predicted molar refractivity (Wildman–Crippen MR) is 37.1 cm³/mol. The van der Waals surface area contributed by atoms with E-state index in [1.54, 1.807) is 0 Å². The second-order valence-electron chi connectivity index (χ2n) is 2.48. The van der Waals surface area contributed by atoms with E-state index in [9.17, 15) is 14.4 Å². The molecular weight excluding hydrogens is 277 g/mol. The molecule has 0 saturated carbocycles. The van der Waals surface area contributed by atoms with E-state index >= 15 is 0 Å². The van der Waals surface area contributed by atoms with E-state index in [0.717, 1.165) is 0 Å². The maximum absolute atomic E-state index is 10.3. The Morgan fingerprint density at radius 1 is 0.929 bits per heavy atom. The van der Waals surface area contributed by atoms with Crippen LogP contribution in [0.15, 0.2) is 0 Å². The number of carboxylic acid groups (broad SMARTS) is 3. The van der Waals surface area contributed by atoms with E-state index in [-0.39, 0.29) is 22.4 Å². The van der Waals surface area contributed by atoms with Crippen molar-refractivity contribution >= 4 is 17.9 Å². The summed E-state index contributed by atoms with van der Waals surface area (Å²) in [6.45, 7) is 0. The van der Waals surface area contributed by atoms with Gasteiger partial charge in [-0.15, -0.1) is 0 Å². The summed E-state index contributed by atoms with van der Waals surface area (Å²) >= 11 is 0. The Morgan fingerprint density at radius 3 is 1.36 bits per heavy atom. The molecular formula is C6H8NbO7. The molecule has 0 aromatic rings. The fraction of sp³-hybridized carbons (Fsp3) is 0.500. The Hall–Kier alpha value is -0.890.